The van der Waals surface area contributed by atoms with Gasteiger partial charge in [-0.1, -0.05) is 23.5 Å². The van der Waals surface area contributed by atoms with E-state index in [0.29, 0.717) is 0 Å². The van der Waals surface area contributed by atoms with Gasteiger partial charge in [0, 0.05) is 17.2 Å². The zero-order chi connectivity index (χ0) is 9.80. The summed E-state index contributed by atoms with van der Waals surface area (Å²) in [5.74, 6) is 0.958. The van der Waals surface area contributed by atoms with Crippen LogP contribution in [0.15, 0.2) is 34.2 Å². The number of halogens is 1. The van der Waals surface area contributed by atoms with E-state index >= 15 is 0 Å². The number of thioether (sulfide) groups is 2. The Bertz CT molecular complexity index is 334. The Morgan fingerprint density at radius 3 is 2.71 bits per heavy atom. The van der Waals surface area contributed by atoms with Crippen LogP contribution in [0.3, 0.4) is 0 Å². The van der Waals surface area contributed by atoms with Gasteiger partial charge in [-0.25, -0.2) is 4.39 Å². The summed E-state index contributed by atoms with van der Waals surface area (Å²) < 4.78 is 13.7. The lowest BCUT2D eigenvalue weighted by Crippen LogP contribution is -1.99. The zero-order valence-corrected chi connectivity index (χ0v) is 9.21. The molecular weight excluding hydrogens is 217 g/mol. The van der Waals surface area contributed by atoms with E-state index < -0.39 is 0 Å². The fraction of sp³-hybridized carbons (Fsp3) is 0.300. The first kappa shape index (κ1) is 10.1. The Morgan fingerprint density at radius 1 is 1.29 bits per heavy atom. The van der Waals surface area contributed by atoms with Crippen molar-refractivity contribution in [3.8, 4) is 0 Å². The highest BCUT2D eigenvalue weighted by atomic mass is 32.2. The van der Waals surface area contributed by atoms with Crippen LogP contribution in [-0.4, -0.2) is 16.7 Å². The van der Waals surface area contributed by atoms with Crippen LogP contribution in [-0.2, 0) is 0 Å². The molecule has 0 atom stereocenters. The molecule has 0 N–H and O–H groups in total. The molecule has 1 nitrogen and oxygen atoms in total. The zero-order valence-electron chi connectivity index (χ0n) is 7.57. The van der Waals surface area contributed by atoms with Crippen molar-refractivity contribution in [2.24, 2.45) is 4.99 Å². The van der Waals surface area contributed by atoms with E-state index in [1.807, 2.05) is 0 Å². The lowest BCUT2D eigenvalue weighted by molar-refractivity contribution is 0.626. The molecule has 0 aromatic heterocycles. The van der Waals surface area contributed by atoms with Crippen molar-refractivity contribution in [2.45, 2.75) is 11.3 Å². The minimum Gasteiger partial charge on any atom is -0.271 e. The van der Waals surface area contributed by atoms with Gasteiger partial charge >= 0.3 is 0 Å². The lowest BCUT2D eigenvalue weighted by atomic mass is 10.4. The summed E-state index contributed by atoms with van der Waals surface area (Å²) >= 11 is 3.40. The van der Waals surface area contributed by atoms with Crippen LogP contribution in [0.4, 0.5) is 4.39 Å². The minimum absolute atomic E-state index is 0.187. The highest BCUT2D eigenvalue weighted by Gasteiger charge is 2.07. The van der Waals surface area contributed by atoms with Crippen LogP contribution in [0.2, 0.25) is 0 Å². The topological polar surface area (TPSA) is 12.4 Å². The van der Waals surface area contributed by atoms with Crippen LogP contribution < -0.4 is 0 Å². The molecule has 0 amide bonds. The molecule has 0 bridgehead atoms. The van der Waals surface area contributed by atoms with Crippen LogP contribution >= 0.6 is 23.5 Å². The second-order valence-corrected chi connectivity index (χ2v) is 5.31. The molecule has 1 aliphatic rings. The molecule has 0 unspecified atom stereocenters. The molecule has 1 heterocycles. The summed E-state index contributed by atoms with van der Waals surface area (Å²) in [4.78, 5) is 5.45. The van der Waals surface area contributed by atoms with Crippen LogP contribution in [0.1, 0.15) is 6.42 Å². The summed E-state index contributed by atoms with van der Waals surface area (Å²) in [7, 11) is 0. The van der Waals surface area contributed by atoms with Gasteiger partial charge in [-0.2, -0.15) is 0 Å². The summed E-state index contributed by atoms with van der Waals surface area (Å²) in [5.41, 5.74) is 0. The number of benzene rings is 1. The Balaban J connectivity index is 2.03. The summed E-state index contributed by atoms with van der Waals surface area (Å²) in [6.45, 7) is 0.927. The average molecular weight is 227 g/mol. The highest BCUT2D eigenvalue weighted by Crippen LogP contribution is 2.28. The molecule has 0 fully saturated rings. The third kappa shape index (κ3) is 2.75. The van der Waals surface area contributed by atoms with Gasteiger partial charge in [-0.05, 0) is 30.7 Å². The van der Waals surface area contributed by atoms with E-state index in [4.69, 9.17) is 0 Å². The number of nitrogens with zero attached hydrogens (tertiary/aromatic N) is 1. The monoisotopic (exact) mass is 227 g/mol. The number of hydrogen-bond donors (Lipinski definition) is 0. The molecule has 1 aromatic carbocycles. The molecule has 0 saturated carbocycles. The molecule has 1 aliphatic heterocycles. The Morgan fingerprint density at radius 2 is 2.07 bits per heavy atom. The second-order valence-electron chi connectivity index (χ2n) is 2.91. The van der Waals surface area contributed by atoms with Gasteiger partial charge in [0.15, 0.2) is 0 Å². The second kappa shape index (κ2) is 4.84. The molecule has 0 aliphatic carbocycles. The van der Waals surface area contributed by atoms with Gasteiger partial charge in [0.05, 0.1) is 0 Å². The number of aliphatic imine (C=N–C) groups is 1. The van der Waals surface area contributed by atoms with Crippen LogP contribution in [0.5, 0.6) is 0 Å². The number of hydrogen-bond acceptors (Lipinski definition) is 3. The van der Waals surface area contributed by atoms with E-state index in [9.17, 15) is 4.39 Å². The van der Waals surface area contributed by atoms with E-state index in [1.54, 1.807) is 35.7 Å². The van der Waals surface area contributed by atoms with Gasteiger partial charge in [0.2, 0.25) is 0 Å². The fourth-order valence-electron chi connectivity index (χ4n) is 1.11. The van der Waals surface area contributed by atoms with Crippen molar-refractivity contribution in [3.63, 3.8) is 0 Å². The first-order chi connectivity index (χ1) is 6.84. The van der Waals surface area contributed by atoms with Gasteiger partial charge in [0.25, 0.3) is 0 Å². The van der Waals surface area contributed by atoms with E-state index in [-0.39, 0.29) is 5.82 Å². The molecule has 0 spiro atoms. The van der Waals surface area contributed by atoms with Gasteiger partial charge in [-0.3, -0.25) is 4.99 Å². The fourth-order valence-corrected chi connectivity index (χ4v) is 3.14. The first-order valence-corrected chi connectivity index (χ1v) is 6.25. The van der Waals surface area contributed by atoms with Crippen molar-refractivity contribution in [1.29, 1.82) is 0 Å². The summed E-state index contributed by atoms with van der Waals surface area (Å²) in [6.07, 6.45) is 1.16. The largest absolute Gasteiger partial charge is 0.271 e. The van der Waals surface area contributed by atoms with Gasteiger partial charge in [0.1, 0.15) is 10.2 Å². The normalized spacial score (nSPS) is 16.5. The van der Waals surface area contributed by atoms with Crippen LogP contribution in [0.25, 0.3) is 0 Å². The molecule has 4 heteroatoms. The molecule has 1 aromatic rings. The standard InChI is InChI=1S/C10H10FNS2/c11-8-2-4-9(5-3-8)14-10-12-6-1-7-13-10/h2-5H,1,6-7H2. The first-order valence-electron chi connectivity index (χ1n) is 4.45. The number of rotatable bonds is 1. The molecule has 0 radical (unpaired) electrons. The highest BCUT2D eigenvalue weighted by molar-refractivity contribution is 8.38. The van der Waals surface area contributed by atoms with E-state index in [1.165, 1.54) is 12.1 Å². The quantitative estimate of drug-likeness (QED) is 0.729. The third-order valence-electron chi connectivity index (χ3n) is 1.79. The van der Waals surface area contributed by atoms with Crippen molar-refractivity contribution in [2.75, 3.05) is 12.3 Å². The summed E-state index contributed by atoms with van der Waals surface area (Å²) in [5, 5.41) is 0. The summed E-state index contributed by atoms with van der Waals surface area (Å²) in [6, 6.07) is 6.54. The Kier molecular flexibility index (Phi) is 3.48. The van der Waals surface area contributed by atoms with Crippen molar-refractivity contribution in [3.05, 3.63) is 30.1 Å². The van der Waals surface area contributed by atoms with Gasteiger partial charge < -0.3 is 0 Å². The van der Waals surface area contributed by atoms with E-state index in [2.05, 4.69) is 4.99 Å². The molecule has 74 valence electrons. The lowest BCUT2D eigenvalue weighted by Gasteiger charge is -2.09. The maximum Gasteiger partial charge on any atom is 0.129 e. The molecule has 0 saturated heterocycles. The SMILES string of the molecule is Fc1ccc(SC2=NCCCS2)cc1. The smallest absolute Gasteiger partial charge is 0.129 e. The maximum absolute atomic E-state index is 12.6. The predicted molar refractivity (Wildman–Crippen MR) is 61.6 cm³/mol. The Labute approximate surface area is 91.2 Å². The molecular formula is C10H10FNS2. The molecule has 2 rings (SSSR count). The maximum atomic E-state index is 12.6. The van der Waals surface area contributed by atoms with Crippen molar-refractivity contribution >= 4 is 27.9 Å². The third-order valence-corrected chi connectivity index (χ3v) is 4.07. The molecule has 14 heavy (non-hydrogen) atoms. The predicted octanol–water partition coefficient (Wildman–Crippen LogP) is 3.41. The van der Waals surface area contributed by atoms with Crippen molar-refractivity contribution in [1.82, 2.24) is 0 Å². The Hall–Kier alpha value is -0.480. The van der Waals surface area contributed by atoms with E-state index in [0.717, 1.165) is 28.0 Å². The van der Waals surface area contributed by atoms with Crippen molar-refractivity contribution < 1.29 is 4.39 Å². The minimum atomic E-state index is -0.187. The van der Waals surface area contributed by atoms with Gasteiger partial charge in [-0.15, -0.1) is 0 Å². The average Bonchev–Trinajstić information content (AvgIpc) is 2.23. The van der Waals surface area contributed by atoms with Crippen LogP contribution in [0, 0.1) is 5.82 Å².